The van der Waals surface area contributed by atoms with Crippen molar-refractivity contribution in [1.82, 2.24) is 9.97 Å². The first kappa shape index (κ1) is 11.4. The highest BCUT2D eigenvalue weighted by atomic mass is 16.5. The molecule has 0 amide bonds. The number of rotatable bonds is 5. The second-order valence-corrected chi connectivity index (χ2v) is 3.04. The maximum absolute atomic E-state index is 11.1. The van der Waals surface area contributed by atoms with Gasteiger partial charge in [0.2, 0.25) is 0 Å². The monoisotopic (exact) mass is 209 g/mol. The number of esters is 1. The summed E-state index contributed by atoms with van der Waals surface area (Å²) in [7, 11) is 1.86. The lowest BCUT2D eigenvalue weighted by Gasteiger charge is -2.16. The van der Waals surface area contributed by atoms with E-state index in [4.69, 9.17) is 4.74 Å². The molecule has 1 aromatic heterocycles. The molecule has 0 saturated heterocycles. The van der Waals surface area contributed by atoms with Gasteiger partial charge in [-0.1, -0.05) is 0 Å². The molecule has 1 aromatic rings. The van der Waals surface area contributed by atoms with Crippen molar-refractivity contribution in [3.05, 3.63) is 18.6 Å². The molecule has 0 aliphatic heterocycles. The van der Waals surface area contributed by atoms with E-state index < -0.39 is 0 Å². The smallest absolute Gasteiger partial charge is 0.307 e. The maximum Gasteiger partial charge on any atom is 0.307 e. The normalized spacial score (nSPS) is 9.73. The van der Waals surface area contributed by atoms with Gasteiger partial charge in [0, 0.05) is 26.0 Å². The Morgan fingerprint density at radius 3 is 2.93 bits per heavy atom. The largest absolute Gasteiger partial charge is 0.466 e. The van der Waals surface area contributed by atoms with Crippen molar-refractivity contribution in [1.29, 1.82) is 0 Å². The first-order valence-corrected chi connectivity index (χ1v) is 4.86. The van der Waals surface area contributed by atoms with Crippen LogP contribution in [0, 0.1) is 0 Å². The van der Waals surface area contributed by atoms with Crippen LogP contribution in [-0.2, 0) is 9.53 Å². The summed E-state index contributed by atoms with van der Waals surface area (Å²) >= 11 is 0. The van der Waals surface area contributed by atoms with Gasteiger partial charge in [-0.2, -0.15) is 0 Å². The number of nitrogens with zero attached hydrogens (tertiary/aromatic N) is 3. The van der Waals surface area contributed by atoms with Crippen molar-refractivity contribution in [2.24, 2.45) is 0 Å². The molecule has 0 N–H and O–H groups in total. The van der Waals surface area contributed by atoms with Crippen LogP contribution in [0.5, 0.6) is 0 Å². The van der Waals surface area contributed by atoms with Crippen LogP contribution in [0.15, 0.2) is 18.6 Å². The Balaban J connectivity index is 2.37. The van der Waals surface area contributed by atoms with E-state index >= 15 is 0 Å². The Kier molecular flexibility index (Phi) is 4.53. The average Bonchev–Trinajstić information content (AvgIpc) is 2.27. The van der Waals surface area contributed by atoms with Gasteiger partial charge in [0.05, 0.1) is 19.2 Å². The standard InChI is InChI=1S/C10H15N3O2/c1-3-15-10(14)4-7-13(2)9-8-11-5-6-12-9/h5-6,8H,3-4,7H2,1-2H3. The highest BCUT2D eigenvalue weighted by Gasteiger charge is 2.06. The van der Waals surface area contributed by atoms with Crippen molar-refractivity contribution in [2.45, 2.75) is 13.3 Å². The van der Waals surface area contributed by atoms with Crippen LogP contribution < -0.4 is 4.90 Å². The van der Waals surface area contributed by atoms with E-state index in [0.29, 0.717) is 19.6 Å². The SMILES string of the molecule is CCOC(=O)CCN(C)c1cnccn1. The molecule has 1 rings (SSSR count). The quantitative estimate of drug-likeness (QED) is 0.673. The fraction of sp³-hybridized carbons (Fsp3) is 0.500. The zero-order chi connectivity index (χ0) is 11.1. The minimum absolute atomic E-state index is 0.187. The van der Waals surface area contributed by atoms with Crippen LogP contribution in [0.1, 0.15) is 13.3 Å². The third-order valence-electron chi connectivity index (χ3n) is 1.90. The minimum atomic E-state index is -0.187. The second-order valence-electron chi connectivity index (χ2n) is 3.04. The predicted octanol–water partition coefficient (Wildman–Crippen LogP) is 0.866. The third-order valence-corrected chi connectivity index (χ3v) is 1.90. The van der Waals surface area contributed by atoms with Gasteiger partial charge < -0.3 is 9.64 Å². The Hall–Kier alpha value is -1.65. The summed E-state index contributed by atoms with van der Waals surface area (Å²) in [6.07, 6.45) is 5.25. The highest BCUT2D eigenvalue weighted by molar-refractivity contribution is 5.70. The number of aromatic nitrogens is 2. The summed E-state index contributed by atoms with van der Waals surface area (Å²) in [4.78, 5) is 21.0. The Bertz CT molecular complexity index is 303. The van der Waals surface area contributed by atoms with Gasteiger partial charge in [-0.25, -0.2) is 4.98 Å². The summed E-state index contributed by atoms with van der Waals surface area (Å²) in [6, 6.07) is 0. The van der Waals surface area contributed by atoms with E-state index in [1.54, 1.807) is 25.5 Å². The van der Waals surface area contributed by atoms with Crippen molar-refractivity contribution >= 4 is 11.8 Å². The molecule has 0 spiro atoms. The van der Waals surface area contributed by atoms with Crippen molar-refractivity contribution in [3.8, 4) is 0 Å². The molecule has 82 valence electrons. The summed E-state index contributed by atoms with van der Waals surface area (Å²) in [5, 5.41) is 0. The van der Waals surface area contributed by atoms with Crippen molar-refractivity contribution in [2.75, 3.05) is 25.1 Å². The lowest BCUT2D eigenvalue weighted by molar-refractivity contribution is -0.142. The number of carbonyl (C=O) groups is 1. The molecular formula is C10H15N3O2. The molecule has 1 heterocycles. The maximum atomic E-state index is 11.1. The van der Waals surface area contributed by atoms with Gasteiger partial charge in [0.25, 0.3) is 0 Å². The Labute approximate surface area is 89.1 Å². The first-order chi connectivity index (χ1) is 7.24. The van der Waals surface area contributed by atoms with E-state index in [9.17, 15) is 4.79 Å². The van der Waals surface area contributed by atoms with Crippen LogP contribution in [0.3, 0.4) is 0 Å². The van der Waals surface area contributed by atoms with Gasteiger partial charge in [-0.3, -0.25) is 9.78 Å². The van der Waals surface area contributed by atoms with Crippen LogP contribution in [0.25, 0.3) is 0 Å². The first-order valence-electron chi connectivity index (χ1n) is 4.86. The molecule has 0 bridgehead atoms. The number of anilines is 1. The highest BCUT2D eigenvalue weighted by Crippen LogP contribution is 2.05. The number of hydrogen-bond donors (Lipinski definition) is 0. The molecule has 0 unspecified atom stereocenters. The van der Waals surface area contributed by atoms with E-state index in [1.807, 2.05) is 11.9 Å². The van der Waals surface area contributed by atoms with E-state index in [0.717, 1.165) is 5.82 Å². The third kappa shape index (κ3) is 3.93. The molecule has 0 fully saturated rings. The van der Waals surface area contributed by atoms with Gasteiger partial charge >= 0.3 is 5.97 Å². The second kappa shape index (κ2) is 5.95. The zero-order valence-corrected chi connectivity index (χ0v) is 9.01. The molecule has 0 aliphatic carbocycles. The lowest BCUT2D eigenvalue weighted by atomic mass is 10.4. The molecule has 0 aliphatic rings. The number of ether oxygens (including phenoxy) is 1. The van der Waals surface area contributed by atoms with Crippen LogP contribution in [-0.4, -0.2) is 36.1 Å². The summed E-state index contributed by atoms with van der Waals surface area (Å²) < 4.78 is 4.83. The van der Waals surface area contributed by atoms with Gasteiger partial charge in [-0.15, -0.1) is 0 Å². The zero-order valence-electron chi connectivity index (χ0n) is 9.01. The van der Waals surface area contributed by atoms with E-state index in [-0.39, 0.29) is 5.97 Å². The van der Waals surface area contributed by atoms with Crippen molar-refractivity contribution in [3.63, 3.8) is 0 Å². The van der Waals surface area contributed by atoms with Crippen LogP contribution in [0.4, 0.5) is 5.82 Å². The Morgan fingerprint density at radius 2 is 2.33 bits per heavy atom. The number of hydrogen-bond acceptors (Lipinski definition) is 5. The molecule has 0 radical (unpaired) electrons. The van der Waals surface area contributed by atoms with E-state index in [2.05, 4.69) is 9.97 Å². The molecule has 15 heavy (non-hydrogen) atoms. The molecule has 5 heteroatoms. The molecule has 0 saturated carbocycles. The molecular weight excluding hydrogens is 194 g/mol. The predicted molar refractivity (Wildman–Crippen MR) is 56.6 cm³/mol. The average molecular weight is 209 g/mol. The van der Waals surface area contributed by atoms with Gasteiger partial charge in [0.15, 0.2) is 0 Å². The summed E-state index contributed by atoms with van der Waals surface area (Å²) in [6.45, 7) is 2.80. The lowest BCUT2D eigenvalue weighted by Crippen LogP contribution is -2.22. The van der Waals surface area contributed by atoms with Crippen LogP contribution in [0.2, 0.25) is 0 Å². The van der Waals surface area contributed by atoms with E-state index in [1.165, 1.54) is 0 Å². The number of carbonyl (C=O) groups excluding carboxylic acids is 1. The van der Waals surface area contributed by atoms with Crippen molar-refractivity contribution < 1.29 is 9.53 Å². The fourth-order valence-electron chi connectivity index (χ4n) is 1.10. The van der Waals surface area contributed by atoms with Gasteiger partial charge in [-0.05, 0) is 6.92 Å². The molecule has 0 atom stereocenters. The molecule has 5 nitrogen and oxygen atoms in total. The summed E-state index contributed by atoms with van der Waals surface area (Å²) in [5.41, 5.74) is 0. The van der Waals surface area contributed by atoms with Crippen LogP contribution >= 0.6 is 0 Å². The summed E-state index contributed by atoms with van der Waals surface area (Å²) in [5.74, 6) is 0.565. The fourth-order valence-corrected chi connectivity index (χ4v) is 1.10. The topological polar surface area (TPSA) is 55.3 Å². The molecule has 0 aromatic carbocycles. The minimum Gasteiger partial charge on any atom is -0.466 e. The Morgan fingerprint density at radius 1 is 1.53 bits per heavy atom. The van der Waals surface area contributed by atoms with Gasteiger partial charge in [0.1, 0.15) is 5.82 Å².